The molecule has 70 heavy (non-hydrogen) atoms. The Morgan fingerprint density at radius 1 is 0.414 bits per heavy atom. The van der Waals surface area contributed by atoms with Gasteiger partial charge in [0.1, 0.15) is 12.7 Å². The molecule has 0 aliphatic rings. The summed E-state index contributed by atoms with van der Waals surface area (Å²) in [5.41, 5.74) is 0. The van der Waals surface area contributed by atoms with Crippen LogP contribution >= 0.6 is 7.82 Å². The second-order valence-electron chi connectivity index (χ2n) is 18.3. The molecule has 0 rings (SSSR count). The zero-order valence-electron chi connectivity index (χ0n) is 44.5. The van der Waals surface area contributed by atoms with Crippen LogP contribution in [0.5, 0.6) is 0 Å². The van der Waals surface area contributed by atoms with Gasteiger partial charge in [-0.1, -0.05) is 209 Å². The highest BCUT2D eigenvalue weighted by atomic mass is 31.2. The van der Waals surface area contributed by atoms with Crippen molar-refractivity contribution >= 4 is 25.7 Å². The van der Waals surface area contributed by atoms with Crippen LogP contribution < -0.4 is 0 Å². The van der Waals surface area contributed by atoms with Crippen molar-refractivity contribution in [2.24, 2.45) is 0 Å². The van der Waals surface area contributed by atoms with Crippen LogP contribution in [0.1, 0.15) is 239 Å². The van der Waals surface area contributed by atoms with Gasteiger partial charge >= 0.3 is 25.7 Å². The second kappa shape index (κ2) is 52.2. The standard InChI is InChI=1S/C58H101O11P/c1-4-7-10-13-16-19-22-25-26-27-28-31-32-35-38-41-44-47-56(60)65-51-55(69-58(62)49-46-43-40-37-34-30-24-21-18-15-12-9-6-3)53-67-70(63,64)66-52-54(50-59)68-57(61)48-45-42-39-36-33-29-23-20-17-14-11-8-5-2/h8-9,11-12,17-18,20-21,29-30,33-34,54-55,59H,4-7,10,13-16,19,22-28,31-32,35-53H2,1-3H3,(H,63,64)/b11-8-,12-9-,20-17-,21-18-,33-29-,34-30-. The highest BCUT2D eigenvalue weighted by molar-refractivity contribution is 7.47. The number of hydrogen-bond donors (Lipinski definition) is 2. The van der Waals surface area contributed by atoms with Gasteiger partial charge in [-0.15, -0.1) is 0 Å². The predicted molar refractivity (Wildman–Crippen MR) is 288 cm³/mol. The van der Waals surface area contributed by atoms with E-state index < -0.39 is 57.8 Å². The van der Waals surface area contributed by atoms with Crippen molar-refractivity contribution in [1.29, 1.82) is 0 Å². The Bertz CT molecular complexity index is 1450. The molecule has 3 atom stereocenters. The van der Waals surface area contributed by atoms with E-state index in [0.29, 0.717) is 19.3 Å². The number of aliphatic hydroxyl groups excluding tert-OH is 1. The number of aliphatic hydroxyl groups is 1. The van der Waals surface area contributed by atoms with E-state index in [-0.39, 0.29) is 25.9 Å². The van der Waals surface area contributed by atoms with Crippen LogP contribution in [0, 0.1) is 0 Å². The Morgan fingerprint density at radius 3 is 1.14 bits per heavy atom. The largest absolute Gasteiger partial charge is 0.472 e. The summed E-state index contributed by atoms with van der Waals surface area (Å²) in [6, 6.07) is 0. The maximum absolute atomic E-state index is 12.9. The van der Waals surface area contributed by atoms with Gasteiger partial charge in [0.05, 0.1) is 19.8 Å². The summed E-state index contributed by atoms with van der Waals surface area (Å²) in [5, 5.41) is 9.78. The lowest BCUT2D eigenvalue weighted by atomic mass is 10.0. The van der Waals surface area contributed by atoms with E-state index >= 15 is 0 Å². The molecule has 0 radical (unpaired) electrons. The van der Waals surface area contributed by atoms with E-state index in [1.165, 1.54) is 83.5 Å². The lowest BCUT2D eigenvalue weighted by Gasteiger charge is -2.21. The molecule has 0 aromatic rings. The number of phosphoric acid groups is 1. The molecule has 0 aliphatic carbocycles. The number of esters is 3. The first-order chi connectivity index (χ1) is 34.2. The number of hydrogen-bond acceptors (Lipinski definition) is 10. The van der Waals surface area contributed by atoms with Gasteiger partial charge in [0, 0.05) is 19.3 Å². The monoisotopic (exact) mass is 1000 g/mol. The summed E-state index contributed by atoms with van der Waals surface area (Å²) < 4.78 is 39.4. The number of unbranched alkanes of at least 4 members (excludes halogenated alkanes) is 22. The maximum atomic E-state index is 12.9. The SMILES string of the molecule is CC/C=C\C/C=C\C/C=C\CCCCCC(=O)OC(CO)COP(=O)(O)OCC(COC(=O)CCCCCCCCCCCCCCCCCCC)OC(=O)CCCCC/C=C\C/C=C\C/C=C\CC. The molecule has 12 heteroatoms. The van der Waals surface area contributed by atoms with E-state index in [2.05, 4.69) is 93.7 Å². The minimum atomic E-state index is -4.76. The van der Waals surface area contributed by atoms with Crippen LogP contribution in [0.3, 0.4) is 0 Å². The molecule has 0 bridgehead atoms. The number of carbonyl (C=O) groups excluding carboxylic acids is 3. The van der Waals surface area contributed by atoms with E-state index in [1.54, 1.807) is 0 Å². The molecule has 404 valence electrons. The predicted octanol–water partition coefficient (Wildman–Crippen LogP) is 16.1. The zero-order valence-corrected chi connectivity index (χ0v) is 45.4. The lowest BCUT2D eigenvalue weighted by Crippen LogP contribution is -2.30. The van der Waals surface area contributed by atoms with E-state index in [1.807, 2.05) is 0 Å². The Hall–Kier alpha value is -3.08. The molecule has 3 unspecified atom stereocenters. The summed E-state index contributed by atoms with van der Waals surface area (Å²) in [6.45, 7) is 4.35. The van der Waals surface area contributed by atoms with Gasteiger partial charge in [-0.3, -0.25) is 23.4 Å². The Labute approximate surface area is 427 Å². The van der Waals surface area contributed by atoms with Gasteiger partial charge in [0.25, 0.3) is 0 Å². The molecule has 0 saturated carbocycles. The number of allylic oxidation sites excluding steroid dienone is 12. The van der Waals surface area contributed by atoms with Crippen LogP contribution in [0.4, 0.5) is 0 Å². The van der Waals surface area contributed by atoms with Crippen LogP contribution in [-0.4, -0.2) is 66.5 Å². The molecule has 0 amide bonds. The van der Waals surface area contributed by atoms with Crippen LogP contribution in [-0.2, 0) is 42.2 Å². The van der Waals surface area contributed by atoms with Crippen molar-refractivity contribution in [3.8, 4) is 0 Å². The Kier molecular flexibility index (Phi) is 50.0. The topological polar surface area (TPSA) is 155 Å². The minimum absolute atomic E-state index is 0.130. The van der Waals surface area contributed by atoms with Crippen molar-refractivity contribution in [3.05, 3.63) is 72.9 Å². The second-order valence-corrected chi connectivity index (χ2v) is 19.8. The highest BCUT2D eigenvalue weighted by Gasteiger charge is 2.28. The number of ether oxygens (including phenoxy) is 3. The first-order valence-corrected chi connectivity index (χ1v) is 29.3. The normalized spacial score (nSPS) is 14.0. The fraction of sp³-hybridized carbons (Fsp3) is 0.741. The summed E-state index contributed by atoms with van der Waals surface area (Å²) in [7, 11) is -4.76. The zero-order chi connectivity index (χ0) is 51.3. The summed E-state index contributed by atoms with van der Waals surface area (Å²) in [5.74, 6) is -1.53. The molecule has 0 aromatic heterocycles. The first kappa shape index (κ1) is 66.9. The molecule has 11 nitrogen and oxygen atoms in total. The van der Waals surface area contributed by atoms with Crippen LogP contribution in [0.15, 0.2) is 72.9 Å². The Morgan fingerprint density at radius 2 is 0.743 bits per heavy atom. The molecule has 0 heterocycles. The number of carbonyl (C=O) groups is 3. The summed E-state index contributed by atoms with van der Waals surface area (Å²) in [4.78, 5) is 48.4. The van der Waals surface area contributed by atoms with E-state index in [4.69, 9.17) is 23.3 Å². The van der Waals surface area contributed by atoms with Gasteiger partial charge < -0.3 is 24.2 Å². The average Bonchev–Trinajstić information content (AvgIpc) is 3.35. The van der Waals surface area contributed by atoms with Gasteiger partial charge in [-0.05, 0) is 83.5 Å². The fourth-order valence-electron chi connectivity index (χ4n) is 7.44. The lowest BCUT2D eigenvalue weighted by molar-refractivity contribution is -0.161. The third-order valence-electron chi connectivity index (χ3n) is 11.6. The highest BCUT2D eigenvalue weighted by Crippen LogP contribution is 2.43. The average molecular weight is 1010 g/mol. The first-order valence-electron chi connectivity index (χ1n) is 27.8. The smallest absolute Gasteiger partial charge is 0.462 e. The van der Waals surface area contributed by atoms with Crippen LogP contribution in [0.2, 0.25) is 0 Å². The minimum Gasteiger partial charge on any atom is -0.462 e. The molecule has 0 fully saturated rings. The van der Waals surface area contributed by atoms with Crippen molar-refractivity contribution in [2.75, 3.05) is 26.4 Å². The van der Waals surface area contributed by atoms with Crippen molar-refractivity contribution < 1.29 is 52.2 Å². The third kappa shape index (κ3) is 49.9. The van der Waals surface area contributed by atoms with E-state index in [9.17, 15) is 28.9 Å². The third-order valence-corrected chi connectivity index (χ3v) is 12.6. The molecular formula is C58H101O11P. The summed E-state index contributed by atoms with van der Waals surface area (Å²) in [6.07, 6.45) is 57.3. The van der Waals surface area contributed by atoms with Gasteiger partial charge in [0.2, 0.25) is 0 Å². The molecule has 2 N–H and O–H groups in total. The molecule has 0 aromatic carbocycles. The van der Waals surface area contributed by atoms with E-state index in [0.717, 1.165) is 96.3 Å². The fourth-order valence-corrected chi connectivity index (χ4v) is 8.23. The molecule has 0 spiro atoms. The quantitative estimate of drug-likeness (QED) is 0.0197. The number of phosphoric ester groups is 1. The molecule has 0 saturated heterocycles. The Balaban J connectivity index is 4.75. The maximum Gasteiger partial charge on any atom is 0.472 e. The van der Waals surface area contributed by atoms with Crippen molar-refractivity contribution in [3.63, 3.8) is 0 Å². The van der Waals surface area contributed by atoms with Crippen LogP contribution in [0.25, 0.3) is 0 Å². The van der Waals surface area contributed by atoms with Gasteiger partial charge in [-0.2, -0.15) is 0 Å². The molecule has 0 aliphatic heterocycles. The van der Waals surface area contributed by atoms with Crippen molar-refractivity contribution in [1.82, 2.24) is 0 Å². The molecular weight excluding hydrogens is 904 g/mol. The van der Waals surface area contributed by atoms with Gasteiger partial charge in [0.15, 0.2) is 6.10 Å². The number of rotatable bonds is 51. The van der Waals surface area contributed by atoms with Crippen molar-refractivity contribution in [2.45, 2.75) is 251 Å². The van der Waals surface area contributed by atoms with Gasteiger partial charge in [-0.25, -0.2) is 4.57 Å². The summed E-state index contributed by atoms with van der Waals surface area (Å²) >= 11 is 0.